The lowest BCUT2D eigenvalue weighted by Crippen LogP contribution is -2.28. The molecule has 0 aromatic carbocycles. The van der Waals surface area contributed by atoms with E-state index in [2.05, 4.69) is 4.99 Å². The van der Waals surface area contributed by atoms with Crippen molar-refractivity contribution in [3.8, 4) is 0 Å². The molecule has 0 heterocycles. The van der Waals surface area contributed by atoms with Crippen LogP contribution in [0.3, 0.4) is 0 Å². The maximum Gasteiger partial charge on any atom is 0.224 e. The number of aliphatic imine (C=N–C) groups is 1. The molecule has 0 spiro atoms. The molecule has 1 atom stereocenters. The Labute approximate surface area is 86.2 Å². The van der Waals surface area contributed by atoms with Crippen molar-refractivity contribution >= 4 is 11.7 Å². The highest BCUT2D eigenvalue weighted by Gasteiger charge is 2.13. The van der Waals surface area contributed by atoms with Gasteiger partial charge in [0.25, 0.3) is 0 Å². The first-order valence-electron chi connectivity index (χ1n) is 4.92. The summed E-state index contributed by atoms with van der Waals surface area (Å²) in [5.41, 5.74) is 5.39. The molecule has 0 fully saturated rings. The van der Waals surface area contributed by atoms with E-state index in [0.717, 1.165) is 12.8 Å². The van der Waals surface area contributed by atoms with E-state index in [9.17, 15) is 4.79 Å². The maximum atomic E-state index is 11.4. The quantitative estimate of drug-likeness (QED) is 0.406. The summed E-state index contributed by atoms with van der Waals surface area (Å²) in [5.74, 6) is 0.869. The van der Waals surface area contributed by atoms with E-state index < -0.39 is 0 Å². The minimum absolute atomic E-state index is 0.0817. The Morgan fingerprint density at radius 2 is 2.07 bits per heavy atom. The van der Waals surface area contributed by atoms with E-state index in [0.29, 0.717) is 12.4 Å². The minimum Gasteiger partial charge on any atom is -0.388 e. The summed E-state index contributed by atoms with van der Waals surface area (Å²) in [6.07, 6.45) is 1.78. The van der Waals surface area contributed by atoms with Crippen LogP contribution in [0.1, 0.15) is 26.7 Å². The molecule has 1 unspecified atom stereocenters. The van der Waals surface area contributed by atoms with Crippen molar-refractivity contribution in [2.24, 2.45) is 16.6 Å². The van der Waals surface area contributed by atoms with Crippen LogP contribution < -0.4 is 5.73 Å². The fourth-order valence-electron chi connectivity index (χ4n) is 1.22. The lowest BCUT2D eigenvalue weighted by atomic mass is 10.0. The van der Waals surface area contributed by atoms with Crippen LogP contribution in [-0.4, -0.2) is 37.3 Å². The average molecular weight is 199 g/mol. The summed E-state index contributed by atoms with van der Waals surface area (Å²) in [4.78, 5) is 17.1. The number of nitrogens with zero attached hydrogens (tertiary/aromatic N) is 2. The van der Waals surface area contributed by atoms with Crippen molar-refractivity contribution in [1.29, 1.82) is 0 Å². The van der Waals surface area contributed by atoms with Crippen molar-refractivity contribution < 1.29 is 4.79 Å². The number of amidine groups is 1. The van der Waals surface area contributed by atoms with E-state index in [4.69, 9.17) is 5.73 Å². The van der Waals surface area contributed by atoms with Crippen LogP contribution in [-0.2, 0) is 4.79 Å². The fraction of sp³-hybridized carbons (Fsp3) is 0.800. The zero-order valence-electron chi connectivity index (χ0n) is 9.58. The number of hydrogen-bond donors (Lipinski definition) is 1. The standard InChI is InChI=1S/C10H21N3O/c1-8(10(14)13(3)4)6-5-7-12-9(2)11/h8H,5-7H2,1-4H3,(H2,11,12). The van der Waals surface area contributed by atoms with Crippen LogP contribution in [0, 0.1) is 5.92 Å². The number of carbonyl (C=O) groups excluding carboxylic acids is 1. The van der Waals surface area contributed by atoms with Gasteiger partial charge in [0, 0.05) is 26.6 Å². The van der Waals surface area contributed by atoms with Crippen LogP contribution in [0.25, 0.3) is 0 Å². The van der Waals surface area contributed by atoms with Crippen LogP contribution in [0.15, 0.2) is 4.99 Å². The summed E-state index contributed by atoms with van der Waals surface area (Å²) in [5, 5.41) is 0. The van der Waals surface area contributed by atoms with Gasteiger partial charge in [0.1, 0.15) is 0 Å². The number of rotatable bonds is 5. The van der Waals surface area contributed by atoms with Crippen LogP contribution >= 0.6 is 0 Å². The van der Waals surface area contributed by atoms with Gasteiger partial charge in [-0.2, -0.15) is 0 Å². The predicted molar refractivity (Wildman–Crippen MR) is 59.3 cm³/mol. The van der Waals surface area contributed by atoms with Gasteiger partial charge in [-0.1, -0.05) is 6.92 Å². The van der Waals surface area contributed by atoms with Crippen molar-refractivity contribution in [1.82, 2.24) is 4.90 Å². The largest absolute Gasteiger partial charge is 0.388 e. The predicted octanol–water partition coefficient (Wildman–Crippen LogP) is 0.868. The first-order valence-corrected chi connectivity index (χ1v) is 4.92. The summed E-state index contributed by atoms with van der Waals surface area (Å²) < 4.78 is 0. The first kappa shape index (κ1) is 12.9. The molecule has 1 amide bonds. The second-order valence-electron chi connectivity index (χ2n) is 3.80. The molecule has 0 radical (unpaired) electrons. The van der Waals surface area contributed by atoms with Gasteiger partial charge in [-0.05, 0) is 19.8 Å². The van der Waals surface area contributed by atoms with Gasteiger partial charge in [0.15, 0.2) is 0 Å². The van der Waals surface area contributed by atoms with E-state index in [1.54, 1.807) is 25.9 Å². The van der Waals surface area contributed by atoms with Gasteiger partial charge in [-0.3, -0.25) is 9.79 Å². The van der Waals surface area contributed by atoms with Crippen molar-refractivity contribution in [2.75, 3.05) is 20.6 Å². The Bertz CT molecular complexity index is 207. The summed E-state index contributed by atoms with van der Waals surface area (Å²) in [6.45, 7) is 4.43. The summed E-state index contributed by atoms with van der Waals surface area (Å²) >= 11 is 0. The molecular formula is C10H21N3O. The van der Waals surface area contributed by atoms with Crippen molar-refractivity contribution in [2.45, 2.75) is 26.7 Å². The van der Waals surface area contributed by atoms with Crippen LogP contribution in [0.5, 0.6) is 0 Å². The SMILES string of the molecule is CC(N)=NCCCC(C)C(=O)N(C)C. The van der Waals surface area contributed by atoms with Gasteiger partial charge >= 0.3 is 0 Å². The first-order chi connectivity index (χ1) is 6.45. The second kappa shape index (κ2) is 6.40. The van der Waals surface area contributed by atoms with Crippen LogP contribution in [0.4, 0.5) is 0 Å². The molecule has 4 heteroatoms. The minimum atomic E-state index is 0.0817. The lowest BCUT2D eigenvalue weighted by molar-refractivity contribution is -0.132. The molecule has 0 bridgehead atoms. The summed E-state index contributed by atoms with van der Waals surface area (Å²) in [7, 11) is 3.56. The molecule has 2 N–H and O–H groups in total. The molecule has 0 saturated heterocycles. The molecule has 0 saturated carbocycles. The van der Waals surface area contributed by atoms with Gasteiger partial charge in [0.05, 0.1) is 5.84 Å². The van der Waals surface area contributed by atoms with Gasteiger partial charge in [-0.15, -0.1) is 0 Å². The highest BCUT2D eigenvalue weighted by molar-refractivity contribution is 5.78. The zero-order valence-corrected chi connectivity index (χ0v) is 9.58. The Hall–Kier alpha value is -1.06. The highest BCUT2D eigenvalue weighted by Crippen LogP contribution is 2.07. The van der Waals surface area contributed by atoms with Gasteiger partial charge in [0.2, 0.25) is 5.91 Å². The highest BCUT2D eigenvalue weighted by atomic mass is 16.2. The Morgan fingerprint density at radius 3 is 2.50 bits per heavy atom. The number of hydrogen-bond acceptors (Lipinski definition) is 2. The molecule has 0 aromatic heterocycles. The van der Waals surface area contributed by atoms with Crippen molar-refractivity contribution in [3.63, 3.8) is 0 Å². The Balaban J connectivity index is 3.69. The molecule has 0 aliphatic heterocycles. The maximum absolute atomic E-state index is 11.4. The topological polar surface area (TPSA) is 58.7 Å². The Morgan fingerprint density at radius 1 is 1.50 bits per heavy atom. The average Bonchev–Trinajstić information content (AvgIpc) is 2.10. The number of amides is 1. The summed E-state index contributed by atoms with van der Waals surface area (Å²) in [6, 6.07) is 0. The molecule has 82 valence electrons. The molecule has 0 aliphatic carbocycles. The third-order valence-electron chi connectivity index (χ3n) is 2.02. The molecule has 14 heavy (non-hydrogen) atoms. The van der Waals surface area contributed by atoms with E-state index in [1.807, 2.05) is 6.92 Å². The normalized spacial score (nSPS) is 13.9. The smallest absolute Gasteiger partial charge is 0.224 e. The third kappa shape index (κ3) is 5.56. The van der Waals surface area contributed by atoms with Crippen molar-refractivity contribution in [3.05, 3.63) is 0 Å². The van der Waals surface area contributed by atoms with Gasteiger partial charge < -0.3 is 10.6 Å². The molecular weight excluding hydrogens is 178 g/mol. The van der Waals surface area contributed by atoms with E-state index in [-0.39, 0.29) is 11.8 Å². The fourth-order valence-corrected chi connectivity index (χ4v) is 1.22. The van der Waals surface area contributed by atoms with E-state index >= 15 is 0 Å². The third-order valence-corrected chi connectivity index (χ3v) is 2.02. The lowest BCUT2D eigenvalue weighted by Gasteiger charge is -2.15. The molecule has 0 aromatic rings. The second-order valence-corrected chi connectivity index (χ2v) is 3.80. The zero-order chi connectivity index (χ0) is 11.1. The Kier molecular flexibility index (Phi) is 5.92. The van der Waals surface area contributed by atoms with E-state index in [1.165, 1.54) is 0 Å². The van der Waals surface area contributed by atoms with Crippen LogP contribution in [0.2, 0.25) is 0 Å². The molecule has 0 aliphatic rings. The molecule has 4 nitrogen and oxygen atoms in total. The monoisotopic (exact) mass is 199 g/mol. The number of nitrogens with two attached hydrogens (primary N) is 1. The molecule has 0 rings (SSSR count). The van der Waals surface area contributed by atoms with Gasteiger partial charge in [-0.25, -0.2) is 0 Å². The number of carbonyl (C=O) groups is 1.